The highest BCUT2D eigenvalue weighted by molar-refractivity contribution is 7.87. The largest absolute Gasteiger partial charge is 0.396 e. The molecule has 16 heavy (non-hydrogen) atoms. The van der Waals surface area contributed by atoms with E-state index in [9.17, 15) is 8.42 Å². The standard InChI is InChI=1S/C10H22N2O3S/c1-3-12(2)16(14,15)11-10-6-4-9(8-13)5-7-10/h9-11,13H,3-8H2,1-2H3. The maximum absolute atomic E-state index is 11.7. The monoisotopic (exact) mass is 250 g/mol. The molecule has 5 nitrogen and oxygen atoms in total. The highest BCUT2D eigenvalue weighted by Gasteiger charge is 2.25. The molecule has 1 fully saturated rings. The molecule has 0 heterocycles. The van der Waals surface area contributed by atoms with E-state index >= 15 is 0 Å². The predicted molar refractivity (Wildman–Crippen MR) is 63.2 cm³/mol. The summed E-state index contributed by atoms with van der Waals surface area (Å²) in [4.78, 5) is 0. The van der Waals surface area contributed by atoms with Crippen molar-refractivity contribution in [1.82, 2.24) is 9.03 Å². The Labute approximate surface area is 98.0 Å². The Morgan fingerprint density at radius 3 is 2.31 bits per heavy atom. The van der Waals surface area contributed by atoms with Crippen LogP contribution in [0.5, 0.6) is 0 Å². The van der Waals surface area contributed by atoms with Crippen LogP contribution in [0.4, 0.5) is 0 Å². The summed E-state index contributed by atoms with van der Waals surface area (Å²) in [5.74, 6) is 0.352. The van der Waals surface area contributed by atoms with Gasteiger partial charge in [-0.1, -0.05) is 6.92 Å². The summed E-state index contributed by atoms with van der Waals surface area (Å²) in [6.07, 6.45) is 3.45. The molecule has 1 aliphatic rings. The van der Waals surface area contributed by atoms with Gasteiger partial charge in [-0.2, -0.15) is 17.4 Å². The average Bonchev–Trinajstić information content (AvgIpc) is 2.28. The molecule has 0 amide bonds. The van der Waals surface area contributed by atoms with E-state index in [0.717, 1.165) is 25.7 Å². The lowest BCUT2D eigenvalue weighted by atomic mass is 9.87. The second-order valence-electron chi connectivity index (χ2n) is 4.44. The Balaban J connectivity index is 2.45. The summed E-state index contributed by atoms with van der Waals surface area (Å²) in [7, 11) is -1.74. The zero-order valence-electron chi connectivity index (χ0n) is 10.0. The van der Waals surface area contributed by atoms with Crippen molar-refractivity contribution in [3.05, 3.63) is 0 Å². The zero-order chi connectivity index (χ0) is 12.2. The fourth-order valence-corrected chi connectivity index (χ4v) is 3.11. The molecule has 0 aromatic rings. The van der Waals surface area contributed by atoms with Gasteiger partial charge in [-0.05, 0) is 31.6 Å². The number of hydrogen-bond acceptors (Lipinski definition) is 3. The quantitative estimate of drug-likeness (QED) is 0.738. The predicted octanol–water partition coefficient (Wildman–Crippen LogP) is 0.324. The van der Waals surface area contributed by atoms with Crippen LogP contribution in [-0.4, -0.2) is 44.1 Å². The van der Waals surface area contributed by atoms with Crippen molar-refractivity contribution in [2.75, 3.05) is 20.2 Å². The molecule has 0 aromatic heterocycles. The highest BCUT2D eigenvalue weighted by atomic mass is 32.2. The van der Waals surface area contributed by atoms with Crippen LogP contribution >= 0.6 is 0 Å². The molecule has 1 rings (SSSR count). The van der Waals surface area contributed by atoms with E-state index in [0.29, 0.717) is 12.5 Å². The highest BCUT2D eigenvalue weighted by Crippen LogP contribution is 2.24. The van der Waals surface area contributed by atoms with Crippen molar-refractivity contribution < 1.29 is 13.5 Å². The fraction of sp³-hybridized carbons (Fsp3) is 1.00. The summed E-state index contributed by atoms with van der Waals surface area (Å²) in [6.45, 7) is 2.50. The van der Waals surface area contributed by atoms with Crippen LogP contribution in [-0.2, 0) is 10.2 Å². The summed E-state index contributed by atoms with van der Waals surface area (Å²) in [5, 5.41) is 8.99. The van der Waals surface area contributed by atoms with Crippen molar-refractivity contribution in [1.29, 1.82) is 0 Å². The van der Waals surface area contributed by atoms with Crippen molar-refractivity contribution in [2.24, 2.45) is 5.92 Å². The van der Waals surface area contributed by atoms with Crippen LogP contribution < -0.4 is 4.72 Å². The van der Waals surface area contributed by atoms with Crippen molar-refractivity contribution in [3.63, 3.8) is 0 Å². The van der Waals surface area contributed by atoms with Gasteiger partial charge in [0.25, 0.3) is 10.2 Å². The fourth-order valence-electron chi connectivity index (χ4n) is 1.93. The number of rotatable bonds is 5. The Morgan fingerprint density at radius 1 is 1.31 bits per heavy atom. The normalized spacial score (nSPS) is 27.2. The second-order valence-corrected chi connectivity index (χ2v) is 6.25. The molecule has 96 valence electrons. The molecular formula is C10H22N2O3S. The van der Waals surface area contributed by atoms with Crippen LogP contribution in [0.3, 0.4) is 0 Å². The van der Waals surface area contributed by atoms with Gasteiger partial charge in [0.1, 0.15) is 0 Å². The van der Waals surface area contributed by atoms with Gasteiger partial charge in [-0.25, -0.2) is 0 Å². The topological polar surface area (TPSA) is 69.6 Å². The van der Waals surface area contributed by atoms with E-state index in [2.05, 4.69) is 4.72 Å². The summed E-state index contributed by atoms with van der Waals surface area (Å²) < 4.78 is 27.5. The van der Waals surface area contributed by atoms with Crippen molar-refractivity contribution in [3.8, 4) is 0 Å². The van der Waals surface area contributed by atoms with Gasteiger partial charge in [-0.3, -0.25) is 0 Å². The molecule has 0 radical (unpaired) electrons. The Hall–Kier alpha value is -0.170. The molecule has 0 atom stereocenters. The van der Waals surface area contributed by atoms with Gasteiger partial charge >= 0.3 is 0 Å². The first-order chi connectivity index (χ1) is 7.49. The molecular weight excluding hydrogens is 228 g/mol. The molecule has 0 aromatic carbocycles. The van der Waals surface area contributed by atoms with Crippen LogP contribution in [0.1, 0.15) is 32.6 Å². The maximum atomic E-state index is 11.7. The lowest BCUT2D eigenvalue weighted by Gasteiger charge is -2.29. The van der Waals surface area contributed by atoms with Gasteiger partial charge in [-0.15, -0.1) is 0 Å². The van der Waals surface area contributed by atoms with Crippen molar-refractivity contribution in [2.45, 2.75) is 38.6 Å². The Morgan fingerprint density at radius 2 is 1.88 bits per heavy atom. The van der Waals surface area contributed by atoms with E-state index in [1.807, 2.05) is 6.92 Å². The van der Waals surface area contributed by atoms with Gasteiger partial charge in [0.05, 0.1) is 0 Å². The lowest BCUT2D eigenvalue weighted by Crippen LogP contribution is -2.45. The third-order valence-corrected chi connectivity index (χ3v) is 4.99. The Kier molecular flexibility index (Phi) is 5.17. The summed E-state index contributed by atoms with van der Waals surface area (Å²) in [5.41, 5.74) is 0. The molecule has 1 saturated carbocycles. The minimum atomic E-state index is -3.31. The smallest absolute Gasteiger partial charge is 0.279 e. The first kappa shape index (κ1) is 13.9. The molecule has 0 saturated heterocycles. The Bertz CT molecular complexity index is 297. The average molecular weight is 250 g/mol. The molecule has 1 aliphatic carbocycles. The minimum absolute atomic E-state index is 0.0294. The third kappa shape index (κ3) is 3.69. The van der Waals surface area contributed by atoms with Gasteiger partial charge in [0, 0.05) is 26.2 Å². The van der Waals surface area contributed by atoms with E-state index in [1.54, 1.807) is 7.05 Å². The van der Waals surface area contributed by atoms with Crippen LogP contribution in [0, 0.1) is 5.92 Å². The maximum Gasteiger partial charge on any atom is 0.279 e. The van der Waals surface area contributed by atoms with Crippen LogP contribution in [0.25, 0.3) is 0 Å². The molecule has 0 spiro atoms. The van der Waals surface area contributed by atoms with Crippen LogP contribution in [0.2, 0.25) is 0 Å². The van der Waals surface area contributed by atoms with Gasteiger partial charge in [0.15, 0.2) is 0 Å². The number of aliphatic hydroxyl groups is 1. The van der Waals surface area contributed by atoms with E-state index in [-0.39, 0.29) is 12.6 Å². The number of nitrogens with zero attached hydrogens (tertiary/aromatic N) is 1. The number of nitrogens with one attached hydrogen (secondary N) is 1. The molecule has 0 unspecified atom stereocenters. The molecule has 6 heteroatoms. The SMILES string of the molecule is CCN(C)S(=O)(=O)NC1CCC(CO)CC1. The molecule has 2 N–H and O–H groups in total. The van der Waals surface area contributed by atoms with Gasteiger partial charge < -0.3 is 5.11 Å². The second kappa shape index (κ2) is 5.95. The first-order valence-corrected chi connectivity index (χ1v) is 7.28. The van der Waals surface area contributed by atoms with Crippen molar-refractivity contribution >= 4 is 10.2 Å². The van der Waals surface area contributed by atoms with Gasteiger partial charge in [0.2, 0.25) is 0 Å². The number of hydrogen-bond donors (Lipinski definition) is 2. The number of aliphatic hydroxyl groups excluding tert-OH is 1. The lowest BCUT2D eigenvalue weighted by molar-refractivity contribution is 0.180. The summed E-state index contributed by atoms with van der Waals surface area (Å²) >= 11 is 0. The molecule has 0 bridgehead atoms. The first-order valence-electron chi connectivity index (χ1n) is 5.84. The van der Waals surface area contributed by atoms with E-state index < -0.39 is 10.2 Å². The summed E-state index contributed by atoms with van der Waals surface area (Å²) in [6, 6.07) is 0.0294. The van der Waals surface area contributed by atoms with E-state index in [1.165, 1.54) is 4.31 Å². The van der Waals surface area contributed by atoms with Crippen LogP contribution in [0.15, 0.2) is 0 Å². The third-order valence-electron chi connectivity index (χ3n) is 3.28. The zero-order valence-corrected chi connectivity index (χ0v) is 10.8. The van der Waals surface area contributed by atoms with E-state index in [4.69, 9.17) is 5.11 Å². The molecule has 0 aliphatic heterocycles. The minimum Gasteiger partial charge on any atom is -0.396 e.